The minimum absolute atomic E-state index is 0.312. The van der Waals surface area contributed by atoms with Crippen LogP contribution in [0.3, 0.4) is 0 Å². The standard InChI is InChI=1S/C21H30O3/c1-6-16(4)8-7-9-17(5)14-24-20-11-10-18(21(22)23)13-19(20)12-15(2)3/h6,9-11,13,15H,7-8,12,14H2,1-5H3,(H,22,23)/b16-6+,17-9?. The van der Waals surface area contributed by atoms with Crippen molar-refractivity contribution in [2.75, 3.05) is 6.61 Å². The Bertz CT molecular complexity index is 610. The molecular weight excluding hydrogens is 300 g/mol. The molecule has 24 heavy (non-hydrogen) atoms. The van der Waals surface area contributed by atoms with Crippen LogP contribution in [0.5, 0.6) is 5.75 Å². The highest BCUT2D eigenvalue weighted by molar-refractivity contribution is 5.88. The Morgan fingerprint density at radius 2 is 1.96 bits per heavy atom. The van der Waals surface area contributed by atoms with Gasteiger partial charge in [0.15, 0.2) is 0 Å². The number of allylic oxidation sites excluding steroid dienone is 3. The summed E-state index contributed by atoms with van der Waals surface area (Å²) in [7, 11) is 0. The van der Waals surface area contributed by atoms with Crippen molar-refractivity contribution in [3.63, 3.8) is 0 Å². The smallest absolute Gasteiger partial charge is 0.335 e. The molecular formula is C21H30O3. The zero-order valence-electron chi connectivity index (χ0n) is 15.6. The average Bonchev–Trinajstić information content (AvgIpc) is 2.52. The zero-order chi connectivity index (χ0) is 18.1. The lowest BCUT2D eigenvalue weighted by atomic mass is 10.00. The first-order chi connectivity index (χ1) is 11.3. The van der Waals surface area contributed by atoms with Crippen molar-refractivity contribution in [1.82, 2.24) is 0 Å². The maximum atomic E-state index is 11.2. The maximum Gasteiger partial charge on any atom is 0.335 e. The first kappa shape index (κ1) is 20.0. The highest BCUT2D eigenvalue weighted by Crippen LogP contribution is 2.24. The van der Waals surface area contributed by atoms with Crippen LogP contribution >= 0.6 is 0 Å². The Labute approximate surface area is 146 Å². The van der Waals surface area contributed by atoms with Crippen LogP contribution in [0.15, 0.2) is 41.5 Å². The van der Waals surface area contributed by atoms with E-state index in [-0.39, 0.29) is 0 Å². The molecule has 0 aliphatic heterocycles. The molecule has 1 aromatic carbocycles. The molecule has 3 heteroatoms. The van der Waals surface area contributed by atoms with E-state index < -0.39 is 5.97 Å². The summed E-state index contributed by atoms with van der Waals surface area (Å²) in [4.78, 5) is 11.2. The molecule has 0 aliphatic carbocycles. The summed E-state index contributed by atoms with van der Waals surface area (Å²) in [6, 6.07) is 5.11. The number of ether oxygens (including phenoxy) is 1. The van der Waals surface area contributed by atoms with Gasteiger partial charge in [-0.1, -0.05) is 31.6 Å². The lowest BCUT2D eigenvalue weighted by molar-refractivity contribution is 0.0696. The number of benzene rings is 1. The van der Waals surface area contributed by atoms with Gasteiger partial charge in [0.25, 0.3) is 0 Å². The molecule has 0 heterocycles. The van der Waals surface area contributed by atoms with E-state index in [9.17, 15) is 4.79 Å². The van der Waals surface area contributed by atoms with E-state index in [1.807, 2.05) is 0 Å². The van der Waals surface area contributed by atoms with Crippen molar-refractivity contribution >= 4 is 5.97 Å². The number of rotatable bonds is 9. The van der Waals surface area contributed by atoms with Gasteiger partial charge in [0.05, 0.1) is 5.56 Å². The molecule has 0 amide bonds. The largest absolute Gasteiger partial charge is 0.489 e. The van der Waals surface area contributed by atoms with Crippen LogP contribution in [0.1, 0.15) is 63.4 Å². The lowest BCUT2D eigenvalue weighted by Gasteiger charge is -2.14. The number of hydrogen-bond acceptors (Lipinski definition) is 2. The summed E-state index contributed by atoms with van der Waals surface area (Å²) in [6.07, 6.45) is 7.24. The zero-order valence-corrected chi connectivity index (χ0v) is 15.6. The fourth-order valence-electron chi connectivity index (χ4n) is 2.39. The molecule has 0 spiro atoms. The molecule has 1 rings (SSSR count). The first-order valence-corrected chi connectivity index (χ1v) is 8.60. The van der Waals surface area contributed by atoms with Crippen LogP contribution in [0, 0.1) is 5.92 Å². The van der Waals surface area contributed by atoms with Gasteiger partial charge in [-0.05, 0) is 75.3 Å². The van der Waals surface area contributed by atoms with Gasteiger partial charge in [-0.25, -0.2) is 4.79 Å². The molecule has 0 aromatic heterocycles. The summed E-state index contributed by atoms with van der Waals surface area (Å²) >= 11 is 0. The van der Waals surface area contributed by atoms with Gasteiger partial charge in [-0.2, -0.15) is 0 Å². The van der Waals surface area contributed by atoms with Gasteiger partial charge in [0.1, 0.15) is 12.4 Å². The van der Waals surface area contributed by atoms with Crippen LogP contribution in [-0.4, -0.2) is 17.7 Å². The van der Waals surface area contributed by atoms with Crippen LogP contribution < -0.4 is 4.74 Å². The van der Waals surface area contributed by atoms with E-state index in [0.29, 0.717) is 18.1 Å². The van der Waals surface area contributed by atoms with Crippen molar-refractivity contribution in [2.24, 2.45) is 5.92 Å². The van der Waals surface area contributed by atoms with Crippen molar-refractivity contribution in [1.29, 1.82) is 0 Å². The molecule has 0 bridgehead atoms. The predicted molar refractivity (Wildman–Crippen MR) is 99.9 cm³/mol. The second-order valence-corrected chi connectivity index (χ2v) is 6.74. The Morgan fingerprint density at radius 3 is 2.54 bits per heavy atom. The van der Waals surface area contributed by atoms with Gasteiger partial charge < -0.3 is 9.84 Å². The van der Waals surface area contributed by atoms with E-state index in [1.54, 1.807) is 18.2 Å². The van der Waals surface area contributed by atoms with Crippen LogP contribution in [0.25, 0.3) is 0 Å². The predicted octanol–water partition coefficient (Wildman–Crippen LogP) is 5.65. The topological polar surface area (TPSA) is 46.5 Å². The quantitative estimate of drug-likeness (QED) is 0.595. The minimum Gasteiger partial charge on any atom is -0.489 e. The second-order valence-electron chi connectivity index (χ2n) is 6.74. The molecule has 1 aromatic rings. The van der Waals surface area contributed by atoms with E-state index in [4.69, 9.17) is 9.84 Å². The number of carboxylic acid groups (broad SMARTS) is 1. The molecule has 0 unspecified atom stereocenters. The van der Waals surface area contributed by atoms with Crippen molar-refractivity contribution in [2.45, 2.75) is 53.9 Å². The Hall–Kier alpha value is -2.03. The van der Waals surface area contributed by atoms with Crippen LogP contribution in [0.2, 0.25) is 0 Å². The Kier molecular flexibility index (Phi) is 8.31. The third kappa shape index (κ3) is 7.03. The van der Waals surface area contributed by atoms with Crippen molar-refractivity contribution in [3.8, 4) is 5.75 Å². The molecule has 132 valence electrons. The minimum atomic E-state index is -0.901. The van der Waals surface area contributed by atoms with Gasteiger partial charge in [0.2, 0.25) is 0 Å². The van der Waals surface area contributed by atoms with Crippen molar-refractivity contribution < 1.29 is 14.6 Å². The summed E-state index contributed by atoms with van der Waals surface area (Å²) in [6.45, 7) is 11.0. The number of carboxylic acids is 1. The van der Waals surface area contributed by atoms with Crippen molar-refractivity contribution in [3.05, 3.63) is 52.6 Å². The highest BCUT2D eigenvalue weighted by atomic mass is 16.5. The first-order valence-electron chi connectivity index (χ1n) is 8.60. The van der Waals surface area contributed by atoms with Crippen LogP contribution in [0.4, 0.5) is 0 Å². The third-order valence-electron chi connectivity index (χ3n) is 3.92. The van der Waals surface area contributed by atoms with E-state index in [1.165, 1.54) is 11.1 Å². The van der Waals surface area contributed by atoms with Gasteiger partial charge >= 0.3 is 5.97 Å². The summed E-state index contributed by atoms with van der Waals surface area (Å²) in [5.74, 6) is 0.324. The highest BCUT2D eigenvalue weighted by Gasteiger charge is 2.11. The SMILES string of the molecule is C/C=C(\C)CCC=C(C)COc1ccc(C(=O)O)cc1CC(C)C. The Morgan fingerprint density at radius 1 is 1.25 bits per heavy atom. The molecule has 0 saturated heterocycles. The Balaban J connectivity index is 2.75. The third-order valence-corrected chi connectivity index (χ3v) is 3.92. The van der Waals surface area contributed by atoms with E-state index in [0.717, 1.165) is 30.6 Å². The molecule has 0 aliphatic rings. The maximum absolute atomic E-state index is 11.2. The number of aromatic carboxylic acids is 1. The fraction of sp³-hybridized carbons (Fsp3) is 0.476. The molecule has 1 N–H and O–H groups in total. The average molecular weight is 330 g/mol. The summed E-state index contributed by atoms with van der Waals surface area (Å²) in [5.41, 5.74) is 3.86. The van der Waals surface area contributed by atoms with Gasteiger partial charge in [0, 0.05) is 0 Å². The summed E-state index contributed by atoms with van der Waals surface area (Å²) in [5, 5.41) is 9.16. The molecule has 3 nitrogen and oxygen atoms in total. The lowest BCUT2D eigenvalue weighted by Crippen LogP contribution is -2.06. The van der Waals surface area contributed by atoms with Gasteiger partial charge in [-0.15, -0.1) is 0 Å². The molecule has 0 radical (unpaired) electrons. The normalized spacial score (nSPS) is 12.6. The van der Waals surface area contributed by atoms with E-state index >= 15 is 0 Å². The number of carbonyl (C=O) groups is 1. The molecule has 0 fully saturated rings. The monoisotopic (exact) mass is 330 g/mol. The second kappa shape index (κ2) is 9.96. The van der Waals surface area contributed by atoms with Crippen LogP contribution in [-0.2, 0) is 6.42 Å². The van der Waals surface area contributed by atoms with E-state index in [2.05, 4.69) is 46.8 Å². The summed E-state index contributed by atoms with van der Waals surface area (Å²) < 4.78 is 5.94. The molecule has 0 atom stereocenters. The van der Waals surface area contributed by atoms with Gasteiger partial charge in [-0.3, -0.25) is 0 Å². The fourth-order valence-corrected chi connectivity index (χ4v) is 2.39. The number of hydrogen-bond donors (Lipinski definition) is 1. The molecule has 0 saturated carbocycles.